The number of aromatic nitrogens is 2. The van der Waals surface area contributed by atoms with Crippen LogP contribution in [0.4, 0.5) is 0 Å². The topological polar surface area (TPSA) is 100.0 Å². The molecule has 3 rings (SSSR count). The Hall–Kier alpha value is -2.43. The fourth-order valence-electron chi connectivity index (χ4n) is 4.28. The number of imidazole rings is 1. The summed E-state index contributed by atoms with van der Waals surface area (Å²) in [5, 5.41) is -0.0299. The first-order chi connectivity index (χ1) is 17.0. The molecular weight excluding hydrogens is 482 g/mol. The molecule has 0 saturated carbocycles. The van der Waals surface area contributed by atoms with E-state index in [1.165, 1.54) is 0 Å². The molecule has 1 amide bonds. The first kappa shape index (κ1) is 28.1. The van der Waals surface area contributed by atoms with Crippen molar-refractivity contribution in [1.82, 2.24) is 14.5 Å². The molecule has 2 heterocycles. The van der Waals surface area contributed by atoms with Crippen molar-refractivity contribution < 1.29 is 27.4 Å². The van der Waals surface area contributed by atoms with Crippen molar-refractivity contribution in [3.63, 3.8) is 0 Å². The van der Waals surface area contributed by atoms with Crippen molar-refractivity contribution in [2.75, 3.05) is 34.0 Å². The summed E-state index contributed by atoms with van der Waals surface area (Å²) in [5.74, 6) is 0.391. The lowest BCUT2D eigenvalue weighted by atomic mass is 9.91. The zero-order valence-electron chi connectivity index (χ0n) is 22.0. The SMILES string of the molecule is COCCn1c(CN(CC2CCCO2)C(=O)CC(C)(C)C)cnc1S(=O)(=O)Cc1cccc(OC)c1. The molecule has 2 aromatic rings. The summed E-state index contributed by atoms with van der Waals surface area (Å²) >= 11 is 0. The van der Waals surface area contributed by atoms with Crippen molar-refractivity contribution in [3.05, 3.63) is 41.7 Å². The number of carbonyl (C=O) groups is 1. The van der Waals surface area contributed by atoms with Crippen LogP contribution in [0.5, 0.6) is 5.75 Å². The fraction of sp³-hybridized carbons (Fsp3) is 0.615. The Labute approximate surface area is 214 Å². The molecule has 1 aliphatic rings. The molecule has 0 spiro atoms. The number of amides is 1. The summed E-state index contributed by atoms with van der Waals surface area (Å²) in [7, 11) is -0.664. The number of methoxy groups -OCH3 is 2. The van der Waals surface area contributed by atoms with Gasteiger partial charge in [0.25, 0.3) is 0 Å². The summed E-state index contributed by atoms with van der Waals surface area (Å²) < 4.78 is 44.8. The van der Waals surface area contributed by atoms with Crippen molar-refractivity contribution in [2.45, 2.75) is 70.1 Å². The van der Waals surface area contributed by atoms with Crippen LogP contribution in [0.1, 0.15) is 51.3 Å². The predicted octanol–water partition coefficient (Wildman–Crippen LogP) is 3.46. The molecule has 1 fully saturated rings. The Morgan fingerprint density at radius 2 is 2.06 bits per heavy atom. The lowest BCUT2D eigenvalue weighted by Gasteiger charge is -2.29. The molecule has 0 bridgehead atoms. The van der Waals surface area contributed by atoms with Crippen molar-refractivity contribution in [1.29, 1.82) is 0 Å². The molecule has 0 radical (unpaired) electrons. The number of ether oxygens (including phenoxy) is 3. The van der Waals surface area contributed by atoms with Gasteiger partial charge in [0.1, 0.15) is 5.75 Å². The van der Waals surface area contributed by atoms with E-state index in [0.29, 0.717) is 49.7 Å². The number of carbonyl (C=O) groups excluding carboxylic acids is 1. The molecule has 1 saturated heterocycles. The smallest absolute Gasteiger partial charge is 0.228 e. The van der Waals surface area contributed by atoms with Gasteiger partial charge in [0.05, 0.1) is 44.0 Å². The van der Waals surface area contributed by atoms with Crippen LogP contribution in [0.2, 0.25) is 0 Å². The first-order valence-electron chi connectivity index (χ1n) is 12.3. The van der Waals surface area contributed by atoms with Gasteiger partial charge in [0.2, 0.25) is 20.9 Å². The van der Waals surface area contributed by atoms with Crippen LogP contribution in [0, 0.1) is 5.41 Å². The third kappa shape index (κ3) is 7.78. The highest BCUT2D eigenvalue weighted by Gasteiger charge is 2.29. The van der Waals surface area contributed by atoms with E-state index in [2.05, 4.69) is 4.98 Å². The number of hydrogen-bond donors (Lipinski definition) is 0. The minimum atomic E-state index is -3.77. The number of hydrogen-bond acceptors (Lipinski definition) is 7. The summed E-state index contributed by atoms with van der Waals surface area (Å²) in [6, 6.07) is 6.98. The highest BCUT2D eigenvalue weighted by molar-refractivity contribution is 7.90. The zero-order valence-corrected chi connectivity index (χ0v) is 22.8. The maximum Gasteiger partial charge on any atom is 0.228 e. The Bertz CT molecular complexity index is 1120. The Morgan fingerprint density at radius 3 is 2.69 bits per heavy atom. The van der Waals surface area contributed by atoms with Crippen LogP contribution in [0.3, 0.4) is 0 Å². The number of nitrogens with zero attached hydrogens (tertiary/aromatic N) is 3. The van der Waals surface area contributed by atoms with Crippen molar-refractivity contribution in [2.24, 2.45) is 5.41 Å². The predicted molar refractivity (Wildman–Crippen MR) is 136 cm³/mol. The van der Waals surface area contributed by atoms with Gasteiger partial charge in [-0.15, -0.1) is 0 Å². The molecule has 36 heavy (non-hydrogen) atoms. The molecule has 9 nitrogen and oxygen atoms in total. The largest absolute Gasteiger partial charge is 0.497 e. The second-order valence-corrected chi connectivity index (χ2v) is 12.3. The van der Waals surface area contributed by atoms with Gasteiger partial charge in [0, 0.05) is 33.2 Å². The van der Waals surface area contributed by atoms with Gasteiger partial charge in [-0.25, -0.2) is 13.4 Å². The lowest BCUT2D eigenvalue weighted by Crippen LogP contribution is -2.39. The van der Waals surface area contributed by atoms with Gasteiger partial charge in [0.15, 0.2) is 0 Å². The van der Waals surface area contributed by atoms with E-state index >= 15 is 0 Å². The third-order valence-corrected chi connectivity index (χ3v) is 7.62. The van der Waals surface area contributed by atoms with E-state index in [0.717, 1.165) is 12.8 Å². The summed E-state index contributed by atoms with van der Waals surface area (Å²) in [5.41, 5.74) is 1.09. The van der Waals surface area contributed by atoms with Gasteiger partial charge < -0.3 is 23.7 Å². The molecule has 1 aliphatic heterocycles. The van der Waals surface area contributed by atoms with Gasteiger partial charge >= 0.3 is 0 Å². The quantitative estimate of drug-likeness (QED) is 0.422. The average Bonchev–Trinajstić information content (AvgIpc) is 3.46. The fourth-order valence-corrected chi connectivity index (χ4v) is 5.79. The van der Waals surface area contributed by atoms with E-state index in [-0.39, 0.29) is 34.9 Å². The van der Waals surface area contributed by atoms with Crippen LogP contribution in [0.25, 0.3) is 0 Å². The van der Waals surface area contributed by atoms with E-state index in [1.807, 2.05) is 20.8 Å². The van der Waals surface area contributed by atoms with E-state index in [9.17, 15) is 13.2 Å². The summed E-state index contributed by atoms with van der Waals surface area (Å²) in [6.45, 7) is 8.12. The Kier molecular flexibility index (Phi) is 9.54. The summed E-state index contributed by atoms with van der Waals surface area (Å²) in [6.07, 6.45) is 3.81. The zero-order chi connectivity index (χ0) is 26.3. The molecule has 1 aromatic carbocycles. The maximum absolute atomic E-state index is 13.4. The number of sulfone groups is 1. The molecule has 1 atom stereocenters. The Morgan fingerprint density at radius 1 is 1.28 bits per heavy atom. The standard InChI is InChI=1S/C26H39N3O6S/c1-26(2,3)15-24(30)28(18-23-10-7-12-35-23)17-21-16-27-25(29(21)11-13-33-4)36(31,32)19-20-8-6-9-22(14-20)34-5/h6,8-9,14,16,23H,7,10-13,15,17-19H2,1-5H3. The monoisotopic (exact) mass is 521 g/mol. The molecule has 200 valence electrons. The van der Waals surface area contributed by atoms with Gasteiger partial charge in [-0.1, -0.05) is 32.9 Å². The van der Waals surface area contributed by atoms with E-state index in [1.54, 1.807) is 54.1 Å². The average molecular weight is 522 g/mol. The highest BCUT2D eigenvalue weighted by Crippen LogP contribution is 2.25. The lowest BCUT2D eigenvalue weighted by molar-refractivity contribution is -0.135. The Balaban J connectivity index is 1.90. The summed E-state index contributed by atoms with van der Waals surface area (Å²) in [4.78, 5) is 19.4. The third-order valence-electron chi connectivity index (χ3n) is 6.02. The second kappa shape index (κ2) is 12.2. The van der Waals surface area contributed by atoms with Crippen LogP contribution < -0.4 is 4.74 Å². The first-order valence-corrected chi connectivity index (χ1v) is 14.0. The molecule has 10 heteroatoms. The van der Waals surface area contributed by atoms with E-state index < -0.39 is 9.84 Å². The van der Waals surface area contributed by atoms with Gasteiger partial charge in [-0.3, -0.25) is 4.79 Å². The minimum absolute atomic E-state index is 0.0123. The maximum atomic E-state index is 13.4. The van der Waals surface area contributed by atoms with Gasteiger partial charge in [-0.2, -0.15) is 0 Å². The van der Waals surface area contributed by atoms with E-state index in [4.69, 9.17) is 14.2 Å². The number of rotatable bonds is 12. The van der Waals surface area contributed by atoms with Crippen LogP contribution in [-0.4, -0.2) is 68.9 Å². The van der Waals surface area contributed by atoms with Crippen LogP contribution >= 0.6 is 0 Å². The van der Waals surface area contributed by atoms with Crippen molar-refractivity contribution in [3.8, 4) is 5.75 Å². The van der Waals surface area contributed by atoms with Crippen molar-refractivity contribution >= 4 is 15.7 Å². The molecule has 1 aromatic heterocycles. The minimum Gasteiger partial charge on any atom is -0.497 e. The number of benzene rings is 1. The van der Waals surface area contributed by atoms with Gasteiger partial charge in [-0.05, 0) is 36.0 Å². The molecule has 1 unspecified atom stereocenters. The second-order valence-electron chi connectivity index (χ2n) is 10.4. The molecular formula is C26H39N3O6S. The van der Waals surface area contributed by atoms with Crippen LogP contribution in [0.15, 0.2) is 35.6 Å². The highest BCUT2D eigenvalue weighted by atomic mass is 32.2. The van der Waals surface area contributed by atoms with Crippen LogP contribution in [-0.2, 0) is 42.9 Å². The normalized spacial score (nSPS) is 16.3. The molecule has 0 aliphatic carbocycles. The molecule has 0 N–H and O–H groups in total.